The maximum atomic E-state index is 12.0. The zero-order valence-corrected chi connectivity index (χ0v) is 13.0. The van der Waals surface area contributed by atoms with Gasteiger partial charge >= 0.3 is 0 Å². The summed E-state index contributed by atoms with van der Waals surface area (Å²) < 4.78 is 1.31. The van der Waals surface area contributed by atoms with Crippen LogP contribution in [0.15, 0.2) is 41.5 Å². The molecule has 1 aromatic carbocycles. The second kappa shape index (κ2) is 7.54. The lowest BCUT2D eigenvalue weighted by Crippen LogP contribution is -2.27. The average molecular weight is 299 g/mol. The molecule has 1 aromatic heterocycles. The van der Waals surface area contributed by atoms with Crippen molar-refractivity contribution in [3.8, 4) is 0 Å². The molecule has 1 N–H and O–H groups in total. The van der Waals surface area contributed by atoms with E-state index in [0.29, 0.717) is 0 Å². The van der Waals surface area contributed by atoms with Gasteiger partial charge in [-0.1, -0.05) is 32.4 Å². The molecule has 0 radical (unpaired) electrons. The van der Waals surface area contributed by atoms with E-state index in [-0.39, 0.29) is 18.0 Å². The van der Waals surface area contributed by atoms with Gasteiger partial charge in [-0.2, -0.15) is 0 Å². The first kappa shape index (κ1) is 15.9. The number of benzene rings is 1. The zero-order valence-electron chi connectivity index (χ0n) is 13.0. The van der Waals surface area contributed by atoms with Gasteiger partial charge in [0.05, 0.1) is 6.33 Å². The Morgan fingerprint density at radius 1 is 1.23 bits per heavy atom. The van der Waals surface area contributed by atoms with Crippen molar-refractivity contribution in [2.75, 3.05) is 5.32 Å². The highest BCUT2D eigenvalue weighted by Gasteiger charge is 2.06. The average Bonchev–Trinajstić information content (AvgIpc) is 2.51. The normalized spacial score (nSPS) is 10.5. The molecule has 5 heteroatoms. The molecule has 116 valence electrons. The van der Waals surface area contributed by atoms with Gasteiger partial charge in [0.1, 0.15) is 6.54 Å². The van der Waals surface area contributed by atoms with Gasteiger partial charge in [-0.3, -0.25) is 14.2 Å². The number of amides is 1. The van der Waals surface area contributed by atoms with Gasteiger partial charge in [-0.05, 0) is 30.5 Å². The third kappa shape index (κ3) is 4.28. The van der Waals surface area contributed by atoms with Crippen molar-refractivity contribution in [1.82, 2.24) is 9.55 Å². The van der Waals surface area contributed by atoms with Crippen LogP contribution in [0.3, 0.4) is 0 Å². The zero-order chi connectivity index (χ0) is 15.9. The number of carbonyl (C=O) groups is 1. The first-order chi connectivity index (χ1) is 10.6. The van der Waals surface area contributed by atoms with Crippen molar-refractivity contribution < 1.29 is 4.79 Å². The van der Waals surface area contributed by atoms with Gasteiger partial charge in [-0.15, -0.1) is 0 Å². The summed E-state index contributed by atoms with van der Waals surface area (Å²) in [5, 5.41) is 2.78. The molecule has 5 nitrogen and oxygen atoms in total. The molecule has 0 fully saturated rings. The molecular formula is C17H21N3O2. The van der Waals surface area contributed by atoms with Gasteiger partial charge in [0.2, 0.25) is 5.91 Å². The number of hydrogen-bond donors (Lipinski definition) is 1. The van der Waals surface area contributed by atoms with Gasteiger partial charge in [0, 0.05) is 17.4 Å². The highest BCUT2D eigenvalue weighted by molar-refractivity contribution is 5.90. The molecule has 22 heavy (non-hydrogen) atoms. The van der Waals surface area contributed by atoms with Crippen molar-refractivity contribution in [1.29, 1.82) is 0 Å². The van der Waals surface area contributed by atoms with Crippen molar-refractivity contribution in [3.63, 3.8) is 0 Å². The molecular weight excluding hydrogens is 278 g/mol. The van der Waals surface area contributed by atoms with Crippen LogP contribution in [-0.2, 0) is 24.2 Å². The van der Waals surface area contributed by atoms with Crippen LogP contribution in [0.4, 0.5) is 5.69 Å². The minimum atomic E-state index is -0.239. The summed E-state index contributed by atoms with van der Waals surface area (Å²) in [6, 6.07) is 9.17. The molecule has 0 aliphatic carbocycles. The van der Waals surface area contributed by atoms with Crippen LogP contribution in [0.25, 0.3) is 0 Å². The number of rotatable bonds is 6. The summed E-state index contributed by atoms with van der Waals surface area (Å²) in [5.74, 6) is -0.239. The SMILES string of the molecule is CCCc1cc(=O)n(CC(=O)Nc2ccc(CC)cc2)cn1. The van der Waals surface area contributed by atoms with E-state index in [4.69, 9.17) is 0 Å². The van der Waals surface area contributed by atoms with E-state index >= 15 is 0 Å². The van der Waals surface area contributed by atoms with E-state index in [2.05, 4.69) is 17.2 Å². The third-order valence-electron chi connectivity index (χ3n) is 3.40. The fourth-order valence-corrected chi connectivity index (χ4v) is 2.15. The molecule has 2 aromatic rings. The minimum absolute atomic E-state index is 0.0340. The topological polar surface area (TPSA) is 64.0 Å². The fraction of sp³-hybridized carbons (Fsp3) is 0.353. The quantitative estimate of drug-likeness (QED) is 0.891. The van der Waals surface area contributed by atoms with E-state index in [9.17, 15) is 9.59 Å². The Kier molecular flexibility index (Phi) is 5.47. The van der Waals surface area contributed by atoms with Crippen LogP contribution in [0.5, 0.6) is 0 Å². The number of nitrogens with one attached hydrogen (secondary N) is 1. The van der Waals surface area contributed by atoms with Gasteiger partial charge in [-0.25, -0.2) is 4.98 Å². The van der Waals surface area contributed by atoms with E-state index in [0.717, 1.165) is 30.6 Å². The number of nitrogens with zero attached hydrogens (tertiary/aromatic N) is 2. The third-order valence-corrected chi connectivity index (χ3v) is 3.40. The molecule has 0 atom stereocenters. The summed E-state index contributed by atoms with van der Waals surface area (Å²) in [6.45, 7) is 4.08. The van der Waals surface area contributed by atoms with Crippen LogP contribution in [0.2, 0.25) is 0 Å². The highest BCUT2D eigenvalue weighted by atomic mass is 16.2. The van der Waals surface area contributed by atoms with Crippen molar-refractivity contribution in [2.24, 2.45) is 0 Å². The maximum Gasteiger partial charge on any atom is 0.253 e. The molecule has 0 bridgehead atoms. The molecule has 0 spiro atoms. The lowest BCUT2D eigenvalue weighted by molar-refractivity contribution is -0.116. The number of aryl methyl sites for hydroxylation is 2. The second-order valence-corrected chi connectivity index (χ2v) is 5.20. The van der Waals surface area contributed by atoms with Gasteiger partial charge < -0.3 is 5.32 Å². The minimum Gasteiger partial charge on any atom is -0.325 e. The van der Waals surface area contributed by atoms with E-state index in [1.54, 1.807) is 0 Å². The summed E-state index contributed by atoms with van der Waals surface area (Å²) >= 11 is 0. The molecule has 0 aliphatic heterocycles. The van der Waals surface area contributed by atoms with Gasteiger partial charge in [0.25, 0.3) is 5.56 Å². The summed E-state index contributed by atoms with van der Waals surface area (Å²) in [7, 11) is 0. The van der Waals surface area contributed by atoms with E-state index in [1.807, 2.05) is 31.2 Å². The Morgan fingerprint density at radius 3 is 2.55 bits per heavy atom. The molecule has 1 heterocycles. The van der Waals surface area contributed by atoms with Crippen LogP contribution in [0, 0.1) is 0 Å². The highest BCUT2D eigenvalue weighted by Crippen LogP contribution is 2.09. The molecule has 0 unspecified atom stereocenters. The Balaban J connectivity index is 2.00. The monoisotopic (exact) mass is 299 g/mol. The number of hydrogen-bond acceptors (Lipinski definition) is 3. The summed E-state index contributed by atoms with van der Waals surface area (Å²) in [5.41, 5.74) is 2.50. The Bertz CT molecular complexity index is 690. The fourth-order valence-electron chi connectivity index (χ4n) is 2.15. The van der Waals surface area contributed by atoms with Crippen LogP contribution in [-0.4, -0.2) is 15.5 Å². The first-order valence-electron chi connectivity index (χ1n) is 7.56. The van der Waals surface area contributed by atoms with Crippen molar-refractivity contribution in [3.05, 3.63) is 58.3 Å². The first-order valence-corrected chi connectivity index (χ1v) is 7.56. The Morgan fingerprint density at radius 2 is 1.95 bits per heavy atom. The number of carbonyl (C=O) groups excluding carboxylic acids is 1. The van der Waals surface area contributed by atoms with Crippen LogP contribution in [0.1, 0.15) is 31.5 Å². The van der Waals surface area contributed by atoms with E-state index in [1.165, 1.54) is 22.5 Å². The molecule has 2 rings (SSSR count). The second-order valence-electron chi connectivity index (χ2n) is 5.20. The predicted molar refractivity (Wildman–Crippen MR) is 86.9 cm³/mol. The molecule has 0 saturated heterocycles. The van der Waals surface area contributed by atoms with Gasteiger partial charge in [0.15, 0.2) is 0 Å². The lowest BCUT2D eigenvalue weighted by Gasteiger charge is -2.08. The number of anilines is 1. The number of aromatic nitrogens is 2. The molecule has 0 saturated carbocycles. The Hall–Kier alpha value is -2.43. The van der Waals surface area contributed by atoms with Crippen LogP contribution >= 0.6 is 0 Å². The summed E-state index contributed by atoms with van der Waals surface area (Å²) in [6.07, 6.45) is 4.10. The maximum absolute atomic E-state index is 12.0. The summed E-state index contributed by atoms with van der Waals surface area (Å²) in [4.78, 5) is 28.1. The lowest BCUT2D eigenvalue weighted by atomic mass is 10.1. The molecule has 0 aliphatic rings. The van der Waals surface area contributed by atoms with E-state index < -0.39 is 0 Å². The standard InChI is InChI=1S/C17H21N3O2/c1-3-5-15-10-17(22)20(12-18-15)11-16(21)19-14-8-6-13(4-2)7-9-14/h6-10,12H,3-5,11H2,1-2H3,(H,19,21). The largest absolute Gasteiger partial charge is 0.325 e. The van der Waals surface area contributed by atoms with Crippen molar-refractivity contribution >= 4 is 11.6 Å². The van der Waals surface area contributed by atoms with Crippen molar-refractivity contribution in [2.45, 2.75) is 39.7 Å². The van der Waals surface area contributed by atoms with Crippen LogP contribution < -0.4 is 10.9 Å². The molecule has 1 amide bonds. The predicted octanol–water partition coefficient (Wildman–Crippen LogP) is 2.40. The Labute approximate surface area is 130 Å². The smallest absolute Gasteiger partial charge is 0.253 e.